The number of nitrogens with one attached hydrogen (secondary N) is 1. The molecule has 2 heteroatoms. The van der Waals surface area contributed by atoms with Crippen LogP contribution < -0.4 is 10.2 Å². The summed E-state index contributed by atoms with van der Waals surface area (Å²) in [5.74, 6) is 0. The Kier molecular flexibility index (Phi) is 4.36. The Morgan fingerprint density at radius 3 is 2.44 bits per heavy atom. The highest BCUT2D eigenvalue weighted by Crippen LogP contribution is 2.19. The zero-order chi connectivity index (χ0) is 12.2. The van der Waals surface area contributed by atoms with Crippen molar-refractivity contribution in [2.24, 2.45) is 0 Å². The van der Waals surface area contributed by atoms with Gasteiger partial charge in [0.15, 0.2) is 0 Å². The summed E-state index contributed by atoms with van der Waals surface area (Å²) in [5.41, 5.74) is 2.79. The van der Waals surface area contributed by atoms with Gasteiger partial charge in [0.2, 0.25) is 0 Å². The average molecular weight is 220 g/mol. The number of nitrogens with zero attached hydrogens (tertiary/aromatic N) is 1. The molecule has 0 aliphatic rings. The second kappa shape index (κ2) is 5.35. The number of rotatable bonds is 5. The minimum absolute atomic E-state index is 0.145. The minimum atomic E-state index is 0.145. The number of benzene rings is 1. The zero-order valence-electron chi connectivity index (χ0n) is 11.2. The number of hydrogen-bond acceptors (Lipinski definition) is 2. The van der Waals surface area contributed by atoms with Crippen molar-refractivity contribution in [3.8, 4) is 0 Å². The maximum absolute atomic E-state index is 3.50. The van der Waals surface area contributed by atoms with Crippen LogP contribution in [0.15, 0.2) is 24.3 Å². The van der Waals surface area contributed by atoms with E-state index in [4.69, 9.17) is 0 Å². The van der Waals surface area contributed by atoms with Crippen molar-refractivity contribution in [3.63, 3.8) is 0 Å². The van der Waals surface area contributed by atoms with Crippen LogP contribution in [0.1, 0.15) is 26.3 Å². The molecule has 0 aliphatic heterocycles. The molecule has 0 aromatic heterocycles. The van der Waals surface area contributed by atoms with Crippen LogP contribution in [0.3, 0.4) is 0 Å². The molecule has 0 amide bonds. The van der Waals surface area contributed by atoms with Gasteiger partial charge in [-0.2, -0.15) is 0 Å². The fraction of sp³-hybridized carbons (Fsp3) is 0.571. The van der Waals surface area contributed by atoms with Crippen LogP contribution in [0.5, 0.6) is 0 Å². The van der Waals surface area contributed by atoms with Crippen molar-refractivity contribution >= 4 is 5.69 Å². The van der Waals surface area contributed by atoms with Gasteiger partial charge in [-0.25, -0.2) is 0 Å². The Morgan fingerprint density at radius 1 is 1.25 bits per heavy atom. The van der Waals surface area contributed by atoms with E-state index < -0.39 is 0 Å². The van der Waals surface area contributed by atoms with E-state index in [2.05, 4.69) is 69.2 Å². The molecule has 1 aromatic carbocycles. The summed E-state index contributed by atoms with van der Waals surface area (Å²) in [5, 5.41) is 3.50. The molecule has 0 heterocycles. The zero-order valence-corrected chi connectivity index (χ0v) is 11.2. The van der Waals surface area contributed by atoms with Gasteiger partial charge in [0.05, 0.1) is 0 Å². The molecule has 1 rings (SSSR count). The quantitative estimate of drug-likeness (QED) is 0.821. The van der Waals surface area contributed by atoms with Crippen molar-refractivity contribution < 1.29 is 0 Å². The predicted molar refractivity (Wildman–Crippen MR) is 72.2 cm³/mol. The van der Waals surface area contributed by atoms with Gasteiger partial charge in [-0.15, -0.1) is 0 Å². The second-order valence-corrected chi connectivity index (χ2v) is 5.06. The lowest BCUT2D eigenvalue weighted by atomic mass is 10.0. The first-order valence-electron chi connectivity index (χ1n) is 5.98. The summed E-state index contributed by atoms with van der Waals surface area (Å²) >= 11 is 0. The van der Waals surface area contributed by atoms with Gasteiger partial charge in [-0.05, 0) is 38.9 Å². The number of para-hydroxylation sites is 1. The fourth-order valence-electron chi connectivity index (χ4n) is 2.20. The van der Waals surface area contributed by atoms with Crippen LogP contribution in [0.2, 0.25) is 0 Å². The van der Waals surface area contributed by atoms with Gasteiger partial charge in [0.25, 0.3) is 0 Å². The Morgan fingerprint density at radius 2 is 1.88 bits per heavy atom. The Labute approximate surface area is 99.7 Å². The third-order valence-corrected chi connectivity index (χ3v) is 2.81. The number of hydrogen-bond donors (Lipinski definition) is 1. The van der Waals surface area contributed by atoms with Crippen LogP contribution in [-0.4, -0.2) is 25.7 Å². The van der Waals surface area contributed by atoms with Crippen LogP contribution in [-0.2, 0) is 0 Å². The largest absolute Gasteiger partial charge is 0.373 e. The fourth-order valence-corrected chi connectivity index (χ4v) is 2.20. The Hall–Kier alpha value is -1.02. The van der Waals surface area contributed by atoms with Gasteiger partial charge in [-0.1, -0.05) is 25.1 Å². The highest BCUT2D eigenvalue weighted by Gasteiger charge is 2.19. The lowest BCUT2D eigenvalue weighted by Gasteiger charge is -2.33. The van der Waals surface area contributed by atoms with E-state index in [1.165, 1.54) is 11.3 Å². The molecule has 0 radical (unpaired) electrons. The molecule has 0 saturated heterocycles. The molecule has 0 unspecified atom stereocenters. The molecule has 2 nitrogen and oxygen atoms in total. The SMILES string of the molecule is CCNC(C)(C)CN(C)c1ccccc1C. The van der Waals surface area contributed by atoms with E-state index in [-0.39, 0.29) is 5.54 Å². The molecule has 0 saturated carbocycles. The maximum atomic E-state index is 3.50. The maximum Gasteiger partial charge on any atom is 0.0393 e. The third-order valence-electron chi connectivity index (χ3n) is 2.81. The molecule has 1 N–H and O–H groups in total. The second-order valence-electron chi connectivity index (χ2n) is 5.06. The summed E-state index contributed by atoms with van der Waals surface area (Å²) in [4.78, 5) is 2.32. The number of likely N-dealkylation sites (N-methyl/N-ethyl adjacent to an activating group) is 2. The van der Waals surface area contributed by atoms with E-state index in [9.17, 15) is 0 Å². The third kappa shape index (κ3) is 3.53. The first kappa shape index (κ1) is 13.0. The van der Waals surface area contributed by atoms with Crippen LogP contribution >= 0.6 is 0 Å². The van der Waals surface area contributed by atoms with Crippen molar-refractivity contribution in [1.29, 1.82) is 0 Å². The molecule has 0 aliphatic carbocycles. The van der Waals surface area contributed by atoms with E-state index >= 15 is 0 Å². The van der Waals surface area contributed by atoms with E-state index in [1.807, 2.05) is 0 Å². The first-order valence-corrected chi connectivity index (χ1v) is 5.98. The molecule has 0 atom stereocenters. The normalized spacial score (nSPS) is 11.6. The standard InChI is InChI=1S/C14H24N2/c1-6-15-14(3,4)11-16(5)13-10-8-7-9-12(13)2/h7-10,15H,6,11H2,1-5H3. The van der Waals surface area contributed by atoms with Crippen LogP contribution in [0.4, 0.5) is 5.69 Å². The van der Waals surface area contributed by atoms with Crippen molar-refractivity contribution in [3.05, 3.63) is 29.8 Å². The molecular formula is C14H24N2. The van der Waals surface area contributed by atoms with Crippen LogP contribution in [0, 0.1) is 6.92 Å². The lowest BCUT2D eigenvalue weighted by Crippen LogP contribution is -2.48. The first-order chi connectivity index (χ1) is 7.46. The molecule has 0 fully saturated rings. The van der Waals surface area contributed by atoms with E-state index in [0.717, 1.165) is 13.1 Å². The predicted octanol–water partition coefficient (Wildman–Crippen LogP) is 2.82. The Balaban J connectivity index is 2.72. The monoisotopic (exact) mass is 220 g/mol. The van der Waals surface area contributed by atoms with Crippen molar-refractivity contribution in [2.75, 3.05) is 25.0 Å². The average Bonchev–Trinajstić information content (AvgIpc) is 2.17. The summed E-state index contributed by atoms with van der Waals surface area (Å²) in [6.45, 7) is 10.8. The molecule has 90 valence electrons. The van der Waals surface area contributed by atoms with E-state index in [1.54, 1.807) is 0 Å². The summed E-state index contributed by atoms with van der Waals surface area (Å²) in [6, 6.07) is 8.52. The summed E-state index contributed by atoms with van der Waals surface area (Å²) in [7, 11) is 2.15. The van der Waals surface area contributed by atoms with Gasteiger partial charge in [-0.3, -0.25) is 0 Å². The van der Waals surface area contributed by atoms with Gasteiger partial charge < -0.3 is 10.2 Å². The lowest BCUT2D eigenvalue weighted by molar-refractivity contribution is 0.403. The van der Waals surface area contributed by atoms with E-state index in [0.29, 0.717) is 0 Å². The molecule has 0 spiro atoms. The number of anilines is 1. The van der Waals surface area contributed by atoms with Gasteiger partial charge >= 0.3 is 0 Å². The van der Waals surface area contributed by atoms with Gasteiger partial charge in [0, 0.05) is 24.8 Å². The molecule has 0 bridgehead atoms. The highest BCUT2D eigenvalue weighted by atomic mass is 15.1. The number of aryl methyl sites for hydroxylation is 1. The Bertz CT molecular complexity index is 331. The van der Waals surface area contributed by atoms with Gasteiger partial charge in [0.1, 0.15) is 0 Å². The van der Waals surface area contributed by atoms with Crippen molar-refractivity contribution in [1.82, 2.24) is 5.32 Å². The molecular weight excluding hydrogens is 196 g/mol. The molecule has 1 aromatic rings. The summed E-state index contributed by atoms with van der Waals surface area (Å²) < 4.78 is 0. The molecule has 16 heavy (non-hydrogen) atoms. The smallest absolute Gasteiger partial charge is 0.0393 e. The minimum Gasteiger partial charge on any atom is -0.373 e. The van der Waals surface area contributed by atoms with Crippen molar-refractivity contribution in [2.45, 2.75) is 33.2 Å². The summed E-state index contributed by atoms with van der Waals surface area (Å²) in [6.07, 6.45) is 0. The van der Waals surface area contributed by atoms with Crippen LogP contribution in [0.25, 0.3) is 0 Å². The topological polar surface area (TPSA) is 15.3 Å². The highest BCUT2D eigenvalue weighted by molar-refractivity contribution is 5.52.